The molecule has 2 aromatic carbocycles. The van der Waals surface area contributed by atoms with Crippen LogP contribution in [0.4, 0.5) is 5.69 Å². The fourth-order valence-electron chi connectivity index (χ4n) is 1.93. The second kappa shape index (κ2) is 6.96. The highest BCUT2D eigenvalue weighted by Crippen LogP contribution is 2.15. The minimum Gasteiger partial charge on any atom is -0.399 e. The highest BCUT2D eigenvalue weighted by Gasteiger charge is 2.05. The quantitative estimate of drug-likeness (QED) is 0.830. The zero-order valence-corrected chi connectivity index (χ0v) is 11.9. The lowest BCUT2D eigenvalue weighted by molar-refractivity contribution is -0.121. The molecule has 0 heterocycles. The monoisotopic (exact) mass is 288 g/mol. The summed E-state index contributed by atoms with van der Waals surface area (Å²) in [5.74, 6) is -0.00632. The molecule has 0 aliphatic carbocycles. The van der Waals surface area contributed by atoms with Gasteiger partial charge in [-0.3, -0.25) is 4.79 Å². The van der Waals surface area contributed by atoms with Crippen molar-refractivity contribution in [1.29, 1.82) is 0 Å². The molecule has 0 radical (unpaired) electrons. The van der Waals surface area contributed by atoms with Gasteiger partial charge in [0.2, 0.25) is 5.91 Å². The molecule has 1 amide bonds. The molecule has 20 heavy (non-hydrogen) atoms. The Morgan fingerprint density at radius 2 is 1.70 bits per heavy atom. The molecule has 0 atom stereocenters. The minimum atomic E-state index is -0.00632. The van der Waals surface area contributed by atoms with Crippen molar-refractivity contribution in [3.63, 3.8) is 0 Å². The topological polar surface area (TPSA) is 55.1 Å². The van der Waals surface area contributed by atoms with Gasteiger partial charge in [-0.25, -0.2) is 0 Å². The van der Waals surface area contributed by atoms with Crippen LogP contribution in [0.2, 0.25) is 5.02 Å². The third-order valence-corrected chi connectivity index (χ3v) is 3.48. The van der Waals surface area contributed by atoms with Crippen LogP contribution in [0.3, 0.4) is 0 Å². The molecule has 3 nitrogen and oxygen atoms in total. The molecule has 0 unspecified atom stereocenters. The predicted molar refractivity (Wildman–Crippen MR) is 82.5 cm³/mol. The zero-order valence-electron chi connectivity index (χ0n) is 11.1. The van der Waals surface area contributed by atoms with Crippen LogP contribution >= 0.6 is 11.6 Å². The van der Waals surface area contributed by atoms with E-state index in [-0.39, 0.29) is 5.91 Å². The summed E-state index contributed by atoms with van der Waals surface area (Å²) in [6.45, 7) is 0.447. The summed E-state index contributed by atoms with van der Waals surface area (Å²) < 4.78 is 0. The Hall–Kier alpha value is -2.00. The van der Waals surface area contributed by atoms with Crippen molar-refractivity contribution >= 4 is 23.2 Å². The molecule has 0 bridgehead atoms. The van der Waals surface area contributed by atoms with E-state index in [1.54, 1.807) is 0 Å². The fraction of sp³-hybridized carbons (Fsp3) is 0.188. The number of amides is 1. The van der Waals surface area contributed by atoms with E-state index in [1.807, 2.05) is 48.5 Å². The number of carbonyl (C=O) groups is 1. The molecule has 2 aromatic rings. The first-order chi connectivity index (χ1) is 9.66. The van der Waals surface area contributed by atoms with Crippen LogP contribution in [0, 0.1) is 0 Å². The molecule has 4 heteroatoms. The SMILES string of the molecule is Nc1ccccc1CCC(=O)NCc1ccccc1Cl. The maximum atomic E-state index is 11.8. The van der Waals surface area contributed by atoms with Crippen LogP contribution in [0.1, 0.15) is 17.5 Å². The lowest BCUT2D eigenvalue weighted by Gasteiger charge is -2.08. The van der Waals surface area contributed by atoms with E-state index in [4.69, 9.17) is 17.3 Å². The summed E-state index contributed by atoms with van der Waals surface area (Å²) in [6, 6.07) is 15.1. The Morgan fingerprint density at radius 1 is 1.05 bits per heavy atom. The number of carbonyl (C=O) groups excluding carboxylic acids is 1. The second-order valence-electron chi connectivity index (χ2n) is 4.57. The van der Waals surface area contributed by atoms with E-state index < -0.39 is 0 Å². The van der Waals surface area contributed by atoms with Crippen molar-refractivity contribution in [2.45, 2.75) is 19.4 Å². The lowest BCUT2D eigenvalue weighted by Crippen LogP contribution is -2.23. The van der Waals surface area contributed by atoms with Gasteiger partial charge < -0.3 is 11.1 Å². The van der Waals surface area contributed by atoms with Gasteiger partial charge in [0.25, 0.3) is 0 Å². The van der Waals surface area contributed by atoms with Gasteiger partial charge >= 0.3 is 0 Å². The molecular weight excluding hydrogens is 272 g/mol. The Kier molecular flexibility index (Phi) is 5.02. The summed E-state index contributed by atoms with van der Waals surface area (Å²) in [5.41, 5.74) is 8.49. The Labute approximate surface area is 123 Å². The van der Waals surface area contributed by atoms with E-state index in [1.165, 1.54) is 0 Å². The number of halogens is 1. The summed E-state index contributed by atoms with van der Waals surface area (Å²) >= 11 is 6.03. The molecule has 0 fully saturated rings. The zero-order chi connectivity index (χ0) is 14.4. The molecule has 0 aromatic heterocycles. The Morgan fingerprint density at radius 3 is 2.40 bits per heavy atom. The maximum absolute atomic E-state index is 11.8. The van der Waals surface area contributed by atoms with E-state index >= 15 is 0 Å². The number of aryl methyl sites for hydroxylation is 1. The van der Waals surface area contributed by atoms with Crippen LogP contribution in [0.25, 0.3) is 0 Å². The van der Waals surface area contributed by atoms with E-state index in [2.05, 4.69) is 5.32 Å². The van der Waals surface area contributed by atoms with Gasteiger partial charge in [0.1, 0.15) is 0 Å². The number of para-hydroxylation sites is 1. The molecule has 0 spiro atoms. The number of nitrogen functional groups attached to an aromatic ring is 1. The molecule has 104 valence electrons. The van der Waals surface area contributed by atoms with E-state index in [9.17, 15) is 4.79 Å². The summed E-state index contributed by atoms with van der Waals surface area (Å²) in [5, 5.41) is 3.53. The number of rotatable bonds is 5. The van der Waals surface area contributed by atoms with Crippen LogP contribution < -0.4 is 11.1 Å². The van der Waals surface area contributed by atoms with Crippen LogP contribution in [0.5, 0.6) is 0 Å². The van der Waals surface area contributed by atoms with Crippen molar-refractivity contribution in [3.05, 3.63) is 64.7 Å². The summed E-state index contributed by atoms with van der Waals surface area (Å²) in [6.07, 6.45) is 1.06. The largest absolute Gasteiger partial charge is 0.399 e. The first kappa shape index (κ1) is 14.4. The molecule has 0 aliphatic rings. The number of hydrogen-bond donors (Lipinski definition) is 2. The van der Waals surface area contributed by atoms with Gasteiger partial charge in [-0.15, -0.1) is 0 Å². The van der Waals surface area contributed by atoms with Crippen molar-refractivity contribution in [2.24, 2.45) is 0 Å². The number of anilines is 1. The second-order valence-corrected chi connectivity index (χ2v) is 4.97. The molecule has 2 rings (SSSR count). The van der Waals surface area contributed by atoms with Crippen molar-refractivity contribution in [2.75, 3.05) is 5.73 Å². The molecule has 0 aliphatic heterocycles. The smallest absolute Gasteiger partial charge is 0.220 e. The average molecular weight is 289 g/mol. The average Bonchev–Trinajstić information content (AvgIpc) is 2.45. The maximum Gasteiger partial charge on any atom is 0.220 e. The van der Waals surface area contributed by atoms with Gasteiger partial charge in [-0.1, -0.05) is 48.0 Å². The van der Waals surface area contributed by atoms with Crippen molar-refractivity contribution in [3.8, 4) is 0 Å². The van der Waals surface area contributed by atoms with Crippen LogP contribution in [0.15, 0.2) is 48.5 Å². The highest BCUT2D eigenvalue weighted by atomic mass is 35.5. The molecule has 0 saturated heterocycles. The standard InChI is InChI=1S/C16H17ClN2O/c17-14-7-3-1-6-13(14)11-19-16(20)10-9-12-5-2-4-8-15(12)18/h1-8H,9-11,18H2,(H,19,20). The molecule has 0 saturated carbocycles. The van der Waals surface area contributed by atoms with Crippen molar-refractivity contribution in [1.82, 2.24) is 5.32 Å². The Bertz CT molecular complexity index is 547. The third kappa shape index (κ3) is 4.00. The summed E-state index contributed by atoms with van der Waals surface area (Å²) in [7, 11) is 0. The number of nitrogens with one attached hydrogen (secondary N) is 1. The lowest BCUT2D eigenvalue weighted by atomic mass is 10.1. The predicted octanol–water partition coefficient (Wildman–Crippen LogP) is 3.17. The minimum absolute atomic E-state index is 0.00632. The van der Waals surface area contributed by atoms with Gasteiger partial charge in [0.05, 0.1) is 0 Å². The highest BCUT2D eigenvalue weighted by molar-refractivity contribution is 6.31. The number of hydrogen-bond acceptors (Lipinski definition) is 2. The normalized spacial score (nSPS) is 10.2. The van der Waals surface area contributed by atoms with Crippen LogP contribution in [-0.2, 0) is 17.8 Å². The fourth-order valence-corrected chi connectivity index (χ4v) is 2.14. The van der Waals surface area contributed by atoms with E-state index in [0.717, 1.165) is 16.8 Å². The van der Waals surface area contributed by atoms with E-state index in [0.29, 0.717) is 24.4 Å². The Balaban J connectivity index is 1.82. The number of nitrogens with two attached hydrogens (primary N) is 1. The number of benzene rings is 2. The third-order valence-electron chi connectivity index (χ3n) is 3.11. The molecule has 3 N–H and O–H groups in total. The van der Waals surface area contributed by atoms with Crippen molar-refractivity contribution < 1.29 is 4.79 Å². The summed E-state index contributed by atoms with van der Waals surface area (Å²) in [4.78, 5) is 11.8. The first-order valence-corrected chi connectivity index (χ1v) is 6.88. The van der Waals surface area contributed by atoms with Gasteiger partial charge in [-0.2, -0.15) is 0 Å². The van der Waals surface area contributed by atoms with Gasteiger partial charge in [-0.05, 0) is 29.7 Å². The van der Waals surface area contributed by atoms with Gasteiger partial charge in [0, 0.05) is 23.7 Å². The molecular formula is C16H17ClN2O. The van der Waals surface area contributed by atoms with Crippen LogP contribution in [-0.4, -0.2) is 5.91 Å². The van der Waals surface area contributed by atoms with Gasteiger partial charge in [0.15, 0.2) is 0 Å². The first-order valence-electron chi connectivity index (χ1n) is 6.50.